The number of ether oxygens (including phenoxy) is 2. The summed E-state index contributed by atoms with van der Waals surface area (Å²) >= 11 is 0. The predicted octanol–water partition coefficient (Wildman–Crippen LogP) is 2.46. The molecule has 0 spiro atoms. The van der Waals surface area contributed by atoms with Crippen molar-refractivity contribution in [1.29, 1.82) is 0 Å². The molecule has 2 amide bonds. The van der Waals surface area contributed by atoms with Gasteiger partial charge in [0.15, 0.2) is 6.10 Å². The van der Waals surface area contributed by atoms with E-state index in [1.165, 1.54) is 19.9 Å². The molecule has 0 fully saturated rings. The van der Waals surface area contributed by atoms with Crippen molar-refractivity contribution in [2.45, 2.75) is 26.4 Å². The lowest BCUT2D eigenvalue weighted by molar-refractivity contribution is -0.151. The van der Waals surface area contributed by atoms with Gasteiger partial charge in [0, 0.05) is 13.5 Å². The summed E-state index contributed by atoms with van der Waals surface area (Å²) in [7, 11) is 1.60. The molecule has 0 bridgehead atoms. The molecule has 158 valence electrons. The Labute approximate surface area is 176 Å². The third-order valence-electron chi connectivity index (χ3n) is 4.17. The molecule has 0 aliphatic carbocycles. The maximum Gasteiger partial charge on any atom is 0.355 e. The Bertz CT molecular complexity index is 892. The Morgan fingerprint density at radius 1 is 1.03 bits per heavy atom. The quantitative estimate of drug-likeness (QED) is 0.489. The van der Waals surface area contributed by atoms with Crippen molar-refractivity contribution in [2.75, 3.05) is 13.7 Å². The van der Waals surface area contributed by atoms with E-state index in [2.05, 4.69) is 10.6 Å². The number of methoxy groups -OCH3 is 1. The largest absolute Gasteiger partial charge is 0.497 e. The van der Waals surface area contributed by atoms with Crippen LogP contribution in [-0.2, 0) is 25.5 Å². The number of carbonyl (C=O) groups is 3. The van der Waals surface area contributed by atoms with Crippen LogP contribution in [0.1, 0.15) is 25.0 Å². The highest BCUT2D eigenvalue weighted by Crippen LogP contribution is 2.11. The zero-order valence-electron chi connectivity index (χ0n) is 17.3. The lowest BCUT2D eigenvalue weighted by Gasteiger charge is -2.15. The van der Waals surface area contributed by atoms with E-state index in [-0.39, 0.29) is 5.70 Å². The van der Waals surface area contributed by atoms with Gasteiger partial charge in [-0.1, -0.05) is 42.5 Å². The third-order valence-corrected chi connectivity index (χ3v) is 4.17. The van der Waals surface area contributed by atoms with Crippen molar-refractivity contribution in [1.82, 2.24) is 10.6 Å². The SMILES string of the molecule is COc1ccc(CCNC(=O)[C@H](C)OC(=O)/C(=C/c2ccccc2)NC(C)=O)cc1. The average molecular weight is 410 g/mol. The lowest BCUT2D eigenvalue weighted by atomic mass is 10.1. The molecule has 0 heterocycles. The molecule has 2 rings (SSSR count). The summed E-state index contributed by atoms with van der Waals surface area (Å²) in [5.74, 6) is -0.849. The molecule has 30 heavy (non-hydrogen) atoms. The van der Waals surface area contributed by atoms with Gasteiger partial charge < -0.3 is 20.1 Å². The van der Waals surface area contributed by atoms with Gasteiger partial charge in [0.05, 0.1) is 7.11 Å². The molecule has 0 radical (unpaired) electrons. The molecule has 0 aliphatic heterocycles. The molecule has 7 heteroatoms. The van der Waals surface area contributed by atoms with E-state index in [1.807, 2.05) is 30.3 Å². The van der Waals surface area contributed by atoms with Crippen LogP contribution >= 0.6 is 0 Å². The van der Waals surface area contributed by atoms with Crippen LogP contribution in [0, 0.1) is 0 Å². The van der Waals surface area contributed by atoms with Gasteiger partial charge >= 0.3 is 5.97 Å². The Kier molecular flexibility index (Phi) is 8.62. The molecular formula is C23H26N2O5. The van der Waals surface area contributed by atoms with E-state index in [0.29, 0.717) is 13.0 Å². The first kappa shape index (κ1) is 22.7. The second-order valence-electron chi connectivity index (χ2n) is 6.59. The second kappa shape index (κ2) is 11.4. The van der Waals surface area contributed by atoms with E-state index in [0.717, 1.165) is 16.9 Å². The summed E-state index contributed by atoms with van der Waals surface area (Å²) in [6.07, 6.45) is 1.11. The fourth-order valence-corrected chi connectivity index (χ4v) is 2.60. The standard InChI is InChI=1S/C23H26N2O5/c1-16(22(27)24-14-13-18-9-11-20(29-3)12-10-18)30-23(28)21(25-17(2)26)15-19-7-5-4-6-8-19/h4-12,15-16H,13-14H2,1-3H3,(H,24,27)(H,25,26)/b21-15-/t16-/m0/s1. The van der Waals surface area contributed by atoms with E-state index < -0.39 is 23.9 Å². The number of rotatable bonds is 9. The van der Waals surface area contributed by atoms with Gasteiger partial charge in [-0.05, 0) is 42.7 Å². The van der Waals surface area contributed by atoms with Crippen LogP contribution in [0.3, 0.4) is 0 Å². The molecule has 2 aromatic rings. The van der Waals surface area contributed by atoms with Gasteiger partial charge in [0.2, 0.25) is 5.91 Å². The highest BCUT2D eigenvalue weighted by atomic mass is 16.5. The van der Waals surface area contributed by atoms with E-state index >= 15 is 0 Å². The van der Waals surface area contributed by atoms with Gasteiger partial charge in [0.25, 0.3) is 5.91 Å². The van der Waals surface area contributed by atoms with Crippen LogP contribution in [0.25, 0.3) is 6.08 Å². The molecule has 0 aromatic heterocycles. The van der Waals surface area contributed by atoms with E-state index in [9.17, 15) is 14.4 Å². The van der Waals surface area contributed by atoms with Crippen molar-refractivity contribution >= 4 is 23.9 Å². The second-order valence-corrected chi connectivity index (χ2v) is 6.59. The molecule has 7 nitrogen and oxygen atoms in total. The van der Waals surface area contributed by atoms with Crippen LogP contribution in [0.4, 0.5) is 0 Å². The van der Waals surface area contributed by atoms with Crippen molar-refractivity contribution in [3.63, 3.8) is 0 Å². The highest BCUT2D eigenvalue weighted by Gasteiger charge is 2.21. The summed E-state index contributed by atoms with van der Waals surface area (Å²) in [5.41, 5.74) is 1.72. The molecule has 0 unspecified atom stereocenters. The van der Waals surface area contributed by atoms with Crippen LogP contribution < -0.4 is 15.4 Å². The molecule has 2 N–H and O–H groups in total. The van der Waals surface area contributed by atoms with Gasteiger partial charge in [-0.3, -0.25) is 9.59 Å². The fourth-order valence-electron chi connectivity index (χ4n) is 2.60. The molecule has 0 saturated heterocycles. The topological polar surface area (TPSA) is 93.7 Å². The van der Waals surface area contributed by atoms with Crippen molar-refractivity contribution < 1.29 is 23.9 Å². The number of esters is 1. The molecule has 0 saturated carbocycles. The Hall–Kier alpha value is -3.61. The van der Waals surface area contributed by atoms with Crippen LogP contribution in [0.2, 0.25) is 0 Å². The minimum absolute atomic E-state index is 0.0356. The maximum atomic E-state index is 12.5. The number of carbonyl (C=O) groups excluding carboxylic acids is 3. The zero-order valence-corrected chi connectivity index (χ0v) is 17.3. The van der Waals surface area contributed by atoms with Crippen molar-refractivity contribution in [3.05, 3.63) is 71.4 Å². The first-order valence-corrected chi connectivity index (χ1v) is 9.55. The summed E-state index contributed by atoms with van der Waals surface area (Å²) in [6, 6.07) is 16.6. The molecule has 2 aromatic carbocycles. The number of hydrogen-bond acceptors (Lipinski definition) is 5. The van der Waals surface area contributed by atoms with Gasteiger partial charge in [-0.15, -0.1) is 0 Å². The summed E-state index contributed by atoms with van der Waals surface area (Å²) in [4.78, 5) is 36.2. The van der Waals surface area contributed by atoms with Crippen LogP contribution in [-0.4, -0.2) is 37.5 Å². The minimum Gasteiger partial charge on any atom is -0.497 e. The summed E-state index contributed by atoms with van der Waals surface area (Å²) in [6.45, 7) is 3.17. The fraction of sp³-hybridized carbons (Fsp3) is 0.261. The third kappa shape index (κ3) is 7.43. The number of hydrogen-bond donors (Lipinski definition) is 2. The highest BCUT2D eigenvalue weighted by molar-refractivity contribution is 5.98. The predicted molar refractivity (Wildman–Crippen MR) is 113 cm³/mol. The van der Waals surface area contributed by atoms with Gasteiger partial charge in [-0.2, -0.15) is 0 Å². The van der Waals surface area contributed by atoms with Crippen LogP contribution in [0.15, 0.2) is 60.3 Å². The monoisotopic (exact) mass is 410 g/mol. The van der Waals surface area contributed by atoms with Gasteiger partial charge in [-0.25, -0.2) is 4.79 Å². The molecule has 0 aliphatic rings. The van der Waals surface area contributed by atoms with E-state index in [1.54, 1.807) is 31.4 Å². The molecular weight excluding hydrogens is 384 g/mol. The first-order chi connectivity index (χ1) is 14.4. The van der Waals surface area contributed by atoms with Gasteiger partial charge in [0.1, 0.15) is 11.4 Å². The number of amides is 2. The minimum atomic E-state index is -1.01. The number of nitrogens with one attached hydrogen (secondary N) is 2. The zero-order chi connectivity index (χ0) is 21.9. The normalized spacial score (nSPS) is 11.9. The summed E-state index contributed by atoms with van der Waals surface area (Å²) in [5, 5.41) is 5.19. The summed E-state index contributed by atoms with van der Waals surface area (Å²) < 4.78 is 10.3. The Morgan fingerprint density at radius 3 is 2.30 bits per heavy atom. The smallest absolute Gasteiger partial charge is 0.355 e. The molecule has 1 atom stereocenters. The average Bonchev–Trinajstić information content (AvgIpc) is 2.74. The first-order valence-electron chi connectivity index (χ1n) is 9.55. The Morgan fingerprint density at radius 2 is 1.70 bits per heavy atom. The number of benzene rings is 2. The van der Waals surface area contributed by atoms with Crippen molar-refractivity contribution in [2.24, 2.45) is 0 Å². The maximum absolute atomic E-state index is 12.5. The van der Waals surface area contributed by atoms with E-state index in [4.69, 9.17) is 9.47 Å². The van der Waals surface area contributed by atoms with Crippen molar-refractivity contribution in [3.8, 4) is 5.75 Å². The van der Waals surface area contributed by atoms with Crippen LogP contribution in [0.5, 0.6) is 5.75 Å². The Balaban J connectivity index is 1.90. The lowest BCUT2D eigenvalue weighted by Crippen LogP contribution is -2.38.